The van der Waals surface area contributed by atoms with Crippen molar-refractivity contribution in [3.05, 3.63) is 57.6 Å². The normalized spacial score (nSPS) is 11.2. The Morgan fingerprint density at radius 3 is 2.87 bits per heavy atom. The molecule has 4 rings (SSSR count). The molecule has 2 N–H and O–H groups in total. The Labute approximate surface area is 176 Å². The van der Waals surface area contributed by atoms with E-state index in [9.17, 15) is 9.59 Å². The maximum absolute atomic E-state index is 12.7. The van der Waals surface area contributed by atoms with Gasteiger partial charge < -0.3 is 5.32 Å². The van der Waals surface area contributed by atoms with Gasteiger partial charge in [0.25, 0.3) is 5.56 Å². The number of nitrogens with one attached hydrogen (secondary N) is 2. The summed E-state index contributed by atoms with van der Waals surface area (Å²) in [5.41, 5.74) is 1.34. The average Bonchev–Trinajstić information content (AvgIpc) is 3.30. The number of nitrogens with zero attached hydrogens (tertiary/aromatic N) is 5. The van der Waals surface area contributed by atoms with E-state index < -0.39 is 0 Å². The molecule has 3 heterocycles. The van der Waals surface area contributed by atoms with Gasteiger partial charge in [0.15, 0.2) is 5.65 Å². The quantitative estimate of drug-likeness (QED) is 0.492. The van der Waals surface area contributed by atoms with Crippen LogP contribution in [0.2, 0.25) is 5.02 Å². The first-order valence-corrected chi connectivity index (χ1v) is 9.95. The number of carbonyl (C=O) groups excluding carboxylic acids is 1. The first kappa shape index (κ1) is 19.8. The number of aryl methyl sites for hydroxylation is 1. The summed E-state index contributed by atoms with van der Waals surface area (Å²) in [5.74, 6) is 0.491. The van der Waals surface area contributed by atoms with Crippen LogP contribution < -0.4 is 10.9 Å². The zero-order valence-corrected chi connectivity index (χ0v) is 17.3. The van der Waals surface area contributed by atoms with Gasteiger partial charge in [-0.15, -0.1) is 0 Å². The van der Waals surface area contributed by atoms with E-state index in [1.54, 1.807) is 31.2 Å². The number of carbonyl (C=O) groups is 1. The van der Waals surface area contributed by atoms with Gasteiger partial charge in [0, 0.05) is 17.5 Å². The summed E-state index contributed by atoms with van der Waals surface area (Å²) in [4.78, 5) is 32.1. The molecule has 0 aliphatic heterocycles. The fourth-order valence-electron chi connectivity index (χ4n) is 3.10. The largest absolute Gasteiger partial charge is 0.310 e. The molecule has 0 spiro atoms. The molecular weight excluding hydrogens is 406 g/mol. The number of amides is 1. The number of H-pyrrole nitrogens is 1. The number of halogens is 1. The second-order valence-electron chi connectivity index (χ2n) is 6.90. The number of fused-ring (bicyclic) bond motifs is 1. The average molecular weight is 426 g/mol. The number of rotatable bonds is 6. The molecule has 0 aliphatic carbocycles. The van der Waals surface area contributed by atoms with Gasteiger partial charge in [-0.25, -0.2) is 4.68 Å². The molecule has 0 saturated heterocycles. The molecule has 154 valence electrons. The van der Waals surface area contributed by atoms with Crippen molar-refractivity contribution < 1.29 is 4.79 Å². The summed E-state index contributed by atoms with van der Waals surface area (Å²) in [6.07, 6.45) is 3.57. The molecule has 0 atom stereocenters. The predicted octanol–water partition coefficient (Wildman–Crippen LogP) is 3.39. The molecule has 0 fully saturated rings. The van der Waals surface area contributed by atoms with Gasteiger partial charge >= 0.3 is 0 Å². The Hall–Kier alpha value is -3.46. The van der Waals surface area contributed by atoms with E-state index in [1.807, 2.05) is 13.0 Å². The van der Waals surface area contributed by atoms with Gasteiger partial charge in [0.05, 0.1) is 17.6 Å². The third kappa shape index (κ3) is 3.84. The van der Waals surface area contributed by atoms with Gasteiger partial charge in [-0.3, -0.25) is 14.6 Å². The SMILES string of the molecule is CCCCC(=O)Nc1cc(C)nn1-c1nc2c(cnn2-c2cccc(Cl)c2)c(=O)[nH]1. The van der Waals surface area contributed by atoms with Crippen LogP contribution in [0.4, 0.5) is 5.82 Å². The number of hydrogen-bond donors (Lipinski definition) is 2. The lowest BCUT2D eigenvalue weighted by Gasteiger charge is -2.09. The number of unbranched alkanes of at least 4 members (excludes halogenated alkanes) is 1. The highest BCUT2D eigenvalue weighted by Gasteiger charge is 2.17. The maximum atomic E-state index is 12.7. The van der Waals surface area contributed by atoms with E-state index in [0.717, 1.165) is 12.8 Å². The van der Waals surface area contributed by atoms with E-state index in [1.165, 1.54) is 15.6 Å². The van der Waals surface area contributed by atoms with E-state index in [-0.39, 0.29) is 17.4 Å². The van der Waals surface area contributed by atoms with Crippen molar-refractivity contribution in [2.24, 2.45) is 0 Å². The monoisotopic (exact) mass is 425 g/mol. The van der Waals surface area contributed by atoms with E-state index in [4.69, 9.17) is 11.6 Å². The van der Waals surface area contributed by atoms with Gasteiger partial charge in [0.1, 0.15) is 11.2 Å². The molecule has 0 bridgehead atoms. The summed E-state index contributed by atoms with van der Waals surface area (Å²) in [7, 11) is 0. The second kappa shape index (κ2) is 8.11. The topological polar surface area (TPSA) is 110 Å². The Bertz CT molecular complexity index is 1290. The van der Waals surface area contributed by atoms with Gasteiger partial charge in [0.2, 0.25) is 11.9 Å². The van der Waals surface area contributed by atoms with E-state index >= 15 is 0 Å². The molecule has 1 amide bonds. The summed E-state index contributed by atoms with van der Waals surface area (Å²) in [6.45, 7) is 3.82. The molecule has 0 saturated carbocycles. The van der Waals surface area contributed by atoms with E-state index in [2.05, 4.69) is 25.5 Å². The molecule has 10 heteroatoms. The minimum atomic E-state index is -0.361. The molecular formula is C20H20ClN7O2. The highest BCUT2D eigenvalue weighted by molar-refractivity contribution is 6.30. The molecule has 1 aromatic carbocycles. The van der Waals surface area contributed by atoms with Crippen LogP contribution in [0, 0.1) is 6.92 Å². The highest BCUT2D eigenvalue weighted by atomic mass is 35.5. The van der Waals surface area contributed by atoms with Crippen molar-refractivity contribution in [3.63, 3.8) is 0 Å². The van der Waals surface area contributed by atoms with Crippen LogP contribution in [-0.2, 0) is 4.79 Å². The van der Waals surface area contributed by atoms with E-state index in [0.29, 0.717) is 39.7 Å². The van der Waals surface area contributed by atoms with Crippen LogP contribution in [0.15, 0.2) is 41.3 Å². The molecule has 9 nitrogen and oxygen atoms in total. The number of aromatic amines is 1. The highest BCUT2D eigenvalue weighted by Crippen LogP contribution is 2.20. The maximum Gasteiger partial charge on any atom is 0.263 e. The first-order valence-electron chi connectivity index (χ1n) is 9.57. The molecule has 0 aliphatic rings. The zero-order valence-electron chi connectivity index (χ0n) is 16.5. The van der Waals surface area contributed by atoms with Gasteiger partial charge in [-0.05, 0) is 31.5 Å². The van der Waals surface area contributed by atoms with Crippen molar-refractivity contribution >= 4 is 34.4 Å². The van der Waals surface area contributed by atoms with Crippen molar-refractivity contribution in [3.8, 4) is 11.6 Å². The van der Waals surface area contributed by atoms with Crippen LogP contribution >= 0.6 is 11.6 Å². The minimum absolute atomic E-state index is 0.120. The first-order chi connectivity index (χ1) is 14.5. The summed E-state index contributed by atoms with van der Waals surface area (Å²) in [6, 6.07) is 8.82. The Morgan fingerprint density at radius 2 is 2.10 bits per heavy atom. The van der Waals surface area contributed by atoms with Crippen LogP contribution in [0.5, 0.6) is 0 Å². The second-order valence-corrected chi connectivity index (χ2v) is 7.33. The minimum Gasteiger partial charge on any atom is -0.310 e. The molecule has 0 radical (unpaired) electrons. The zero-order chi connectivity index (χ0) is 21.3. The standard InChI is InChI=1S/C20H20ClN7O2/c1-3-4-8-17(29)23-16-9-12(2)26-28(16)20-24-18-15(19(30)25-20)11-22-27(18)14-7-5-6-13(21)10-14/h5-7,9-11H,3-4,8H2,1-2H3,(H,23,29)(H,24,25,30). The third-order valence-corrected chi connectivity index (χ3v) is 4.77. The molecule has 30 heavy (non-hydrogen) atoms. The Balaban J connectivity index is 1.80. The Morgan fingerprint density at radius 1 is 1.27 bits per heavy atom. The number of anilines is 1. The van der Waals surface area contributed by atoms with Crippen LogP contribution in [0.3, 0.4) is 0 Å². The van der Waals surface area contributed by atoms with Gasteiger partial charge in [-0.2, -0.15) is 19.9 Å². The molecule has 3 aromatic heterocycles. The van der Waals surface area contributed by atoms with Crippen molar-refractivity contribution in [2.75, 3.05) is 5.32 Å². The summed E-state index contributed by atoms with van der Waals surface area (Å²) < 4.78 is 2.95. The van der Waals surface area contributed by atoms with Crippen molar-refractivity contribution in [1.29, 1.82) is 0 Å². The smallest absolute Gasteiger partial charge is 0.263 e. The van der Waals surface area contributed by atoms with Crippen LogP contribution in [0.25, 0.3) is 22.7 Å². The van der Waals surface area contributed by atoms with Crippen molar-refractivity contribution in [2.45, 2.75) is 33.1 Å². The lowest BCUT2D eigenvalue weighted by Crippen LogP contribution is -2.19. The molecule has 4 aromatic rings. The summed E-state index contributed by atoms with van der Waals surface area (Å²) in [5, 5.41) is 12.4. The van der Waals surface area contributed by atoms with Crippen LogP contribution in [-0.4, -0.2) is 35.4 Å². The fraction of sp³-hybridized carbons (Fsp3) is 0.250. The lowest BCUT2D eigenvalue weighted by atomic mass is 10.2. The Kier molecular flexibility index (Phi) is 5.37. The number of benzene rings is 1. The third-order valence-electron chi connectivity index (χ3n) is 4.54. The molecule has 0 unspecified atom stereocenters. The van der Waals surface area contributed by atoms with Crippen molar-refractivity contribution in [1.82, 2.24) is 29.5 Å². The predicted molar refractivity (Wildman–Crippen MR) is 115 cm³/mol. The lowest BCUT2D eigenvalue weighted by molar-refractivity contribution is -0.116. The number of hydrogen-bond acceptors (Lipinski definition) is 5. The number of aromatic nitrogens is 6. The summed E-state index contributed by atoms with van der Waals surface area (Å²) >= 11 is 6.10. The fourth-order valence-corrected chi connectivity index (χ4v) is 3.28. The van der Waals surface area contributed by atoms with Gasteiger partial charge in [-0.1, -0.05) is 31.0 Å². The van der Waals surface area contributed by atoms with Crippen LogP contribution in [0.1, 0.15) is 31.9 Å².